The van der Waals surface area contributed by atoms with Gasteiger partial charge in [0.05, 0.1) is 10.6 Å². The summed E-state index contributed by atoms with van der Waals surface area (Å²) in [5, 5.41) is 2.58. The van der Waals surface area contributed by atoms with E-state index in [0.29, 0.717) is 6.42 Å². The highest BCUT2D eigenvalue weighted by molar-refractivity contribution is 8.31. The highest BCUT2D eigenvalue weighted by Crippen LogP contribution is 2.18. The maximum atomic E-state index is 12.6. The number of rotatable bonds is 6. The van der Waals surface area contributed by atoms with Crippen LogP contribution in [0.3, 0.4) is 0 Å². The minimum Gasteiger partial charge on any atom is -0.359 e. The minimum absolute atomic E-state index is 0.308. The van der Waals surface area contributed by atoms with E-state index in [4.69, 9.17) is 5.53 Å². The first-order chi connectivity index (χ1) is 11.9. The van der Waals surface area contributed by atoms with Crippen molar-refractivity contribution in [1.29, 1.82) is 0 Å². The molecule has 0 fully saturated rings. The van der Waals surface area contributed by atoms with Crippen LogP contribution in [-0.4, -0.2) is 43.2 Å². The molecule has 0 saturated heterocycles. The molecule has 0 aliphatic carbocycles. The van der Waals surface area contributed by atoms with Gasteiger partial charge in [-0.2, -0.15) is 0 Å². The molecular weight excluding hydrogens is 378 g/mol. The number of hydrogen-bond donors (Lipinski definition) is 1. The van der Waals surface area contributed by atoms with Gasteiger partial charge >= 0.3 is 4.38 Å². The minimum atomic E-state index is -4.53. The highest BCUT2D eigenvalue weighted by atomic mass is 32.3. The summed E-state index contributed by atoms with van der Waals surface area (Å²) >= 11 is 0. The lowest BCUT2D eigenvalue weighted by molar-refractivity contribution is -0.125. The average Bonchev–Trinajstić information content (AvgIpc) is 2.53. The molecule has 1 unspecified atom stereocenters. The van der Waals surface area contributed by atoms with Crippen molar-refractivity contribution >= 4 is 30.0 Å². The molecule has 0 spiro atoms. The molecule has 1 atom stereocenters. The smallest absolute Gasteiger partial charge is 0.359 e. The van der Waals surface area contributed by atoms with Crippen LogP contribution in [0, 0.1) is 5.92 Å². The maximum Gasteiger partial charge on any atom is 0.499 e. The number of amides is 1. The van der Waals surface area contributed by atoms with Gasteiger partial charge in [-0.25, -0.2) is 16.8 Å². The van der Waals surface area contributed by atoms with Gasteiger partial charge in [-0.3, -0.25) is 4.79 Å². The van der Waals surface area contributed by atoms with Crippen molar-refractivity contribution in [2.24, 2.45) is 5.92 Å². The summed E-state index contributed by atoms with van der Waals surface area (Å²) in [7, 11) is -9.05. The second-order valence-electron chi connectivity index (χ2n) is 6.62. The first kappa shape index (κ1) is 22.0. The zero-order valence-corrected chi connectivity index (χ0v) is 16.8. The lowest BCUT2D eigenvalue weighted by Crippen LogP contribution is -2.51. The van der Waals surface area contributed by atoms with Gasteiger partial charge in [0.15, 0.2) is 0 Å². The third-order valence-corrected chi connectivity index (χ3v) is 8.27. The fraction of sp³-hybridized carbons (Fsp3) is 0.500. The second kappa shape index (κ2) is 8.11. The van der Waals surface area contributed by atoms with Gasteiger partial charge in [0.1, 0.15) is 0 Å². The lowest BCUT2D eigenvalue weighted by Gasteiger charge is -2.26. The van der Waals surface area contributed by atoms with E-state index in [-0.39, 0.29) is 16.7 Å². The number of benzene rings is 1. The molecule has 1 rings (SSSR count). The van der Waals surface area contributed by atoms with Gasteiger partial charge in [0, 0.05) is 11.5 Å². The molecule has 0 bridgehead atoms. The largest absolute Gasteiger partial charge is 0.499 e. The number of hydrogen-bond acceptors (Lipinski definition) is 5. The Hall–Kier alpha value is -2.03. The van der Waals surface area contributed by atoms with Crippen molar-refractivity contribution in [3.8, 4) is 0 Å². The van der Waals surface area contributed by atoms with Gasteiger partial charge in [0.25, 0.3) is 19.7 Å². The Morgan fingerprint density at radius 3 is 2.19 bits per heavy atom. The molecule has 0 aliphatic heterocycles. The van der Waals surface area contributed by atoms with Crippen molar-refractivity contribution in [1.82, 2.24) is 5.32 Å². The van der Waals surface area contributed by atoms with E-state index in [9.17, 15) is 21.6 Å². The van der Waals surface area contributed by atoms with E-state index in [1.165, 1.54) is 38.1 Å². The SMILES string of the molecule is CCC(C)C(=O)NC(C)(C)CS(=O)(=O)C(=[N+]=[N-])S(=O)(=O)c1ccccc1. The summed E-state index contributed by atoms with van der Waals surface area (Å²) in [6, 6.07) is 6.81. The Kier molecular flexibility index (Phi) is 6.87. The number of carbonyl (C=O) groups excluding carboxylic acids is 1. The zero-order valence-electron chi connectivity index (χ0n) is 15.1. The van der Waals surface area contributed by atoms with E-state index < -0.39 is 35.3 Å². The topological polar surface area (TPSA) is 134 Å². The summed E-state index contributed by atoms with van der Waals surface area (Å²) < 4.78 is 48.9. The van der Waals surface area contributed by atoms with E-state index >= 15 is 0 Å². The molecule has 10 heteroatoms. The quantitative estimate of drug-likeness (QED) is 0.333. The van der Waals surface area contributed by atoms with Crippen molar-refractivity contribution < 1.29 is 26.4 Å². The predicted molar refractivity (Wildman–Crippen MR) is 97.7 cm³/mol. The van der Waals surface area contributed by atoms with Crippen LogP contribution in [0.25, 0.3) is 5.53 Å². The third kappa shape index (κ3) is 5.23. The van der Waals surface area contributed by atoms with Gasteiger partial charge in [-0.1, -0.05) is 32.0 Å². The molecule has 1 aromatic carbocycles. The molecule has 1 N–H and O–H groups in total. The fourth-order valence-corrected chi connectivity index (χ4v) is 6.10. The first-order valence-corrected chi connectivity index (χ1v) is 11.1. The summed E-state index contributed by atoms with van der Waals surface area (Å²) in [6.45, 7) is 6.42. The number of nitrogens with one attached hydrogen (secondary N) is 1. The normalized spacial score (nSPS) is 13.5. The lowest BCUT2D eigenvalue weighted by atomic mass is 10.0. The van der Waals surface area contributed by atoms with E-state index in [1.54, 1.807) is 13.0 Å². The van der Waals surface area contributed by atoms with Crippen molar-refractivity contribution in [3.05, 3.63) is 35.9 Å². The molecule has 8 nitrogen and oxygen atoms in total. The molecule has 1 aromatic rings. The molecule has 0 aromatic heterocycles. The van der Waals surface area contributed by atoms with Crippen LogP contribution < -0.4 is 5.32 Å². The molecular formula is C16H23N3O5S2. The molecule has 0 radical (unpaired) electrons. The molecule has 26 heavy (non-hydrogen) atoms. The zero-order chi connectivity index (χ0) is 20.2. The average molecular weight is 402 g/mol. The molecule has 144 valence electrons. The molecule has 1 amide bonds. The summed E-state index contributed by atoms with van der Waals surface area (Å²) in [4.78, 5) is 14.3. The molecule has 0 saturated carbocycles. The Bertz CT molecular complexity index is 916. The van der Waals surface area contributed by atoms with Gasteiger partial charge in [0.2, 0.25) is 5.91 Å². The first-order valence-electron chi connectivity index (χ1n) is 7.94. The van der Waals surface area contributed by atoms with Crippen LogP contribution in [0.5, 0.6) is 0 Å². The summed E-state index contributed by atoms with van der Waals surface area (Å²) in [6.07, 6.45) is 0.570. The second-order valence-corrected chi connectivity index (χ2v) is 10.7. The van der Waals surface area contributed by atoms with Crippen molar-refractivity contribution in [2.75, 3.05) is 5.75 Å². The van der Waals surface area contributed by atoms with Crippen LogP contribution >= 0.6 is 0 Å². The summed E-state index contributed by atoms with van der Waals surface area (Å²) in [5.41, 5.74) is 7.84. The predicted octanol–water partition coefficient (Wildman–Crippen LogP) is 1.40. The highest BCUT2D eigenvalue weighted by Gasteiger charge is 2.45. The van der Waals surface area contributed by atoms with Crippen LogP contribution in [0.15, 0.2) is 35.2 Å². The van der Waals surface area contributed by atoms with Crippen LogP contribution in [0.1, 0.15) is 34.1 Å². The third-order valence-electron chi connectivity index (χ3n) is 3.70. The number of sulfone groups is 2. The maximum absolute atomic E-state index is 12.6. The Morgan fingerprint density at radius 2 is 1.73 bits per heavy atom. The van der Waals surface area contributed by atoms with Gasteiger partial charge < -0.3 is 10.8 Å². The van der Waals surface area contributed by atoms with Gasteiger partial charge in [-0.05, 0) is 32.4 Å². The summed E-state index contributed by atoms with van der Waals surface area (Å²) in [5.74, 6) is -1.41. The molecule has 0 aliphatic rings. The fourth-order valence-electron chi connectivity index (χ4n) is 2.20. The van der Waals surface area contributed by atoms with Crippen LogP contribution in [0.2, 0.25) is 0 Å². The van der Waals surface area contributed by atoms with E-state index in [1.807, 2.05) is 6.92 Å². The van der Waals surface area contributed by atoms with Crippen LogP contribution in [-0.2, 0) is 24.5 Å². The van der Waals surface area contributed by atoms with Crippen molar-refractivity contribution in [2.45, 2.75) is 44.6 Å². The van der Waals surface area contributed by atoms with Crippen molar-refractivity contribution in [3.63, 3.8) is 0 Å². The standard InChI is InChI=1S/C16H23N3O5S2/c1-5-12(2)14(20)18-16(3,4)11-25(21,22)15(19-17)26(23,24)13-9-7-6-8-10-13/h6-10,12H,5,11H2,1-4H3,(H,18,20). The Balaban J connectivity index is 3.19. The molecule has 0 heterocycles. The van der Waals surface area contributed by atoms with Gasteiger partial charge in [-0.15, -0.1) is 4.79 Å². The Morgan fingerprint density at radius 1 is 1.19 bits per heavy atom. The van der Waals surface area contributed by atoms with E-state index in [0.717, 1.165) is 0 Å². The Labute approximate surface area is 154 Å². The monoisotopic (exact) mass is 401 g/mol. The van der Waals surface area contributed by atoms with Crippen LogP contribution in [0.4, 0.5) is 0 Å². The number of nitrogens with zero attached hydrogens (tertiary/aromatic N) is 2. The van der Waals surface area contributed by atoms with E-state index in [2.05, 4.69) is 10.1 Å². The number of carbonyl (C=O) groups is 1.